The van der Waals surface area contributed by atoms with Crippen LogP contribution in [0.3, 0.4) is 0 Å². The highest BCUT2D eigenvalue weighted by Crippen LogP contribution is 2.47. The van der Waals surface area contributed by atoms with Crippen LogP contribution in [0.25, 0.3) is 11.3 Å². The van der Waals surface area contributed by atoms with Crippen LogP contribution in [-0.2, 0) is 12.8 Å². The fourth-order valence-electron chi connectivity index (χ4n) is 3.40. The van der Waals surface area contributed by atoms with Gasteiger partial charge in [-0.25, -0.2) is 18.2 Å². The van der Waals surface area contributed by atoms with Gasteiger partial charge in [0.05, 0.1) is 17.5 Å². The van der Waals surface area contributed by atoms with Crippen molar-refractivity contribution in [2.75, 3.05) is 0 Å². The number of hydrogen-bond acceptors (Lipinski definition) is 3. The van der Waals surface area contributed by atoms with Gasteiger partial charge in [0.25, 0.3) is 0 Å². The topological polar surface area (TPSA) is 50.8 Å². The number of imidazole rings is 1. The highest BCUT2D eigenvalue weighted by atomic mass is 19.4. The highest BCUT2D eigenvalue weighted by Gasteiger charge is 2.47. The summed E-state index contributed by atoms with van der Waals surface area (Å²) < 4.78 is 83.4. The van der Waals surface area contributed by atoms with Crippen molar-refractivity contribution in [3.05, 3.63) is 65.1 Å². The van der Waals surface area contributed by atoms with Gasteiger partial charge < -0.3 is 9.72 Å². The molecule has 0 spiro atoms. The van der Waals surface area contributed by atoms with Crippen LogP contribution in [0.15, 0.2) is 36.7 Å². The lowest BCUT2D eigenvalue weighted by atomic mass is 9.81. The summed E-state index contributed by atoms with van der Waals surface area (Å²) in [5, 5.41) is 0. The van der Waals surface area contributed by atoms with Gasteiger partial charge in [0, 0.05) is 30.5 Å². The zero-order valence-corrected chi connectivity index (χ0v) is 16.2. The average Bonchev–Trinajstić information content (AvgIpc) is 3.15. The minimum atomic E-state index is -4.67. The van der Waals surface area contributed by atoms with Gasteiger partial charge in [-0.3, -0.25) is 4.98 Å². The fourth-order valence-corrected chi connectivity index (χ4v) is 3.40. The van der Waals surface area contributed by atoms with Crippen LogP contribution in [-0.4, -0.2) is 20.9 Å². The summed E-state index contributed by atoms with van der Waals surface area (Å²) in [6, 6.07) is 5.50. The molecule has 1 aromatic carbocycles. The Labute approximate surface area is 173 Å². The van der Waals surface area contributed by atoms with Gasteiger partial charge in [0.2, 0.25) is 5.92 Å². The maximum absolute atomic E-state index is 13.9. The molecule has 31 heavy (non-hydrogen) atoms. The lowest BCUT2D eigenvalue weighted by Gasteiger charge is -2.33. The highest BCUT2D eigenvalue weighted by molar-refractivity contribution is 5.61. The van der Waals surface area contributed by atoms with E-state index in [0.29, 0.717) is 35.1 Å². The standard InChI is InChI=1S/C21H17F6N3O/c1-11-4-12(16-9-29-19(30-16)13-6-20(23,24)7-13)2-3-18(11)31-10-17-15(22)5-14(8-28-17)21(25,26)27/h2-5,8-9,13H,6-7,10H2,1H3,(H,29,30). The summed E-state index contributed by atoms with van der Waals surface area (Å²) in [4.78, 5) is 10.8. The number of H-pyrrole nitrogens is 1. The number of hydrogen-bond donors (Lipinski definition) is 1. The molecule has 0 unspecified atom stereocenters. The third-order valence-electron chi connectivity index (χ3n) is 5.17. The molecule has 0 saturated heterocycles. The Kier molecular flexibility index (Phi) is 5.18. The molecule has 1 fully saturated rings. The molecule has 4 nitrogen and oxygen atoms in total. The van der Waals surface area contributed by atoms with Crippen molar-refractivity contribution in [2.24, 2.45) is 0 Å². The molecule has 3 aromatic rings. The molecule has 0 amide bonds. The molecule has 10 heteroatoms. The van der Waals surface area contributed by atoms with E-state index < -0.39 is 23.5 Å². The zero-order chi connectivity index (χ0) is 22.4. The van der Waals surface area contributed by atoms with E-state index in [4.69, 9.17) is 4.74 Å². The molecule has 1 saturated carbocycles. The second-order valence-electron chi connectivity index (χ2n) is 7.56. The lowest BCUT2D eigenvalue weighted by molar-refractivity contribution is -0.138. The van der Waals surface area contributed by atoms with Gasteiger partial charge in [0.15, 0.2) is 0 Å². The van der Waals surface area contributed by atoms with Crippen molar-refractivity contribution in [3.63, 3.8) is 0 Å². The predicted molar refractivity (Wildman–Crippen MR) is 99.2 cm³/mol. The van der Waals surface area contributed by atoms with Crippen molar-refractivity contribution in [2.45, 2.75) is 44.4 Å². The van der Waals surface area contributed by atoms with Gasteiger partial charge >= 0.3 is 6.18 Å². The largest absolute Gasteiger partial charge is 0.487 e. The molecule has 0 atom stereocenters. The van der Waals surface area contributed by atoms with Gasteiger partial charge in [-0.15, -0.1) is 0 Å². The Morgan fingerprint density at radius 2 is 1.87 bits per heavy atom. The van der Waals surface area contributed by atoms with E-state index in [0.717, 1.165) is 5.56 Å². The first-order valence-electron chi connectivity index (χ1n) is 9.40. The molecule has 1 aliphatic rings. The Morgan fingerprint density at radius 3 is 2.48 bits per heavy atom. The van der Waals surface area contributed by atoms with Crippen LogP contribution >= 0.6 is 0 Å². The maximum Gasteiger partial charge on any atom is 0.417 e. The summed E-state index contributed by atoms with van der Waals surface area (Å²) in [6.45, 7) is 1.41. The molecule has 164 valence electrons. The van der Waals surface area contributed by atoms with Crippen molar-refractivity contribution in [3.8, 4) is 17.0 Å². The third-order valence-corrected chi connectivity index (χ3v) is 5.17. The number of benzene rings is 1. The smallest absolute Gasteiger partial charge is 0.417 e. The molecular formula is C21H17F6N3O. The van der Waals surface area contributed by atoms with Gasteiger partial charge in [-0.1, -0.05) is 0 Å². The second kappa shape index (κ2) is 7.58. The SMILES string of the molecule is Cc1cc(-c2cnc(C3CC(F)(F)C3)[nH]2)ccc1OCc1ncc(C(F)(F)F)cc1F. The number of aryl methyl sites for hydroxylation is 1. The van der Waals surface area contributed by atoms with E-state index in [2.05, 4.69) is 15.0 Å². The molecule has 1 N–H and O–H groups in total. The Bertz CT molecular complexity index is 1100. The molecule has 0 aliphatic heterocycles. The fraction of sp³-hybridized carbons (Fsp3) is 0.333. The maximum atomic E-state index is 13.9. The molecular weight excluding hydrogens is 424 g/mol. The Morgan fingerprint density at radius 1 is 1.13 bits per heavy atom. The number of aromatic nitrogens is 3. The quantitative estimate of drug-likeness (QED) is 0.492. The van der Waals surface area contributed by atoms with Crippen molar-refractivity contribution >= 4 is 0 Å². The van der Waals surface area contributed by atoms with Crippen LogP contribution in [0.4, 0.5) is 26.3 Å². The minimum absolute atomic E-state index is 0.222. The summed E-state index contributed by atoms with van der Waals surface area (Å²) in [7, 11) is 0. The summed E-state index contributed by atoms with van der Waals surface area (Å²) in [5.41, 5.74) is 0.700. The van der Waals surface area contributed by atoms with E-state index in [1.807, 2.05) is 0 Å². The summed E-state index contributed by atoms with van der Waals surface area (Å²) >= 11 is 0. The first-order chi connectivity index (χ1) is 14.5. The van der Waals surface area contributed by atoms with E-state index in [1.54, 1.807) is 31.3 Å². The molecule has 2 heterocycles. The van der Waals surface area contributed by atoms with E-state index in [1.165, 1.54) is 0 Å². The molecule has 0 bridgehead atoms. The number of ether oxygens (including phenoxy) is 1. The van der Waals surface area contributed by atoms with E-state index >= 15 is 0 Å². The van der Waals surface area contributed by atoms with Crippen LogP contribution < -0.4 is 4.74 Å². The number of rotatable bonds is 5. The minimum Gasteiger partial charge on any atom is -0.487 e. The first-order valence-corrected chi connectivity index (χ1v) is 9.40. The average molecular weight is 441 g/mol. The van der Waals surface area contributed by atoms with Crippen molar-refractivity contribution in [1.82, 2.24) is 15.0 Å². The summed E-state index contributed by atoms with van der Waals surface area (Å²) in [5.74, 6) is -3.10. The van der Waals surface area contributed by atoms with Crippen LogP contribution in [0.5, 0.6) is 5.75 Å². The van der Waals surface area contributed by atoms with Crippen molar-refractivity contribution in [1.29, 1.82) is 0 Å². The number of aromatic amines is 1. The molecule has 2 aromatic heterocycles. The third kappa shape index (κ3) is 4.52. The van der Waals surface area contributed by atoms with Crippen molar-refractivity contribution < 1.29 is 31.1 Å². The molecule has 4 rings (SSSR count). The van der Waals surface area contributed by atoms with Gasteiger partial charge in [-0.2, -0.15) is 13.2 Å². The number of pyridine rings is 1. The monoisotopic (exact) mass is 441 g/mol. The summed E-state index contributed by atoms with van der Waals surface area (Å²) in [6.07, 6.45) is -2.99. The number of halogens is 6. The van der Waals surface area contributed by atoms with Crippen LogP contribution in [0.2, 0.25) is 0 Å². The van der Waals surface area contributed by atoms with Crippen LogP contribution in [0.1, 0.15) is 41.4 Å². The zero-order valence-electron chi connectivity index (χ0n) is 16.2. The normalized spacial score (nSPS) is 16.2. The Hall–Kier alpha value is -3.04. The number of alkyl halides is 5. The first kappa shape index (κ1) is 21.2. The molecule has 0 radical (unpaired) electrons. The van der Waals surface area contributed by atoms with Gasteiger partial charge in [0.1, 0.15) is 29.7 Å². The Balaban J connectivity index is 1.43. The number of nitrogens with one attached hydrogen (secondary N) is 1. The predicted octanol–water partition coefficient (Wildman–Crippen LogP) is 6.03. The van der Waals surface area contributed by atoms with Gasteiger partial charge in [-0.05, 0) is 36.8 Å². The second-order valence-corrected chi connectivity index (χ2v) is 7.56. The van der Waals surface area contributed by atoms with Crippen LogP contribution in [0, 0.1) is 12.7 Å². The number of nitrogens with zero attached hydrogens (tertiary/aromatic N) is 2. The van der Waals surface area contributed by atoms with E-state index in [9.17, 15) is 26.3 Å². The molecule has 1 aliphatic carbocycles. The lowest BCUT2D eigenvalue weighted by Crippen LogP contribution is -2.34. The van der Waals surface area contributed by atoms with E-state index in [-0.39, 0.29) is 31.1 Å².